The minimum atomic E-state index is -4.50. The summed E-state index contributed by atoms with van der Waals surface area (Å²) in [6.45, 7) is 1.49. The van der Waals surface area contributed by atoms with Crippen molar-refractivity contribution in [2.75, 3.05) is 13.2 Å². The molecule has 0 aliphatic carbocycles. The first-order valence-electron chi connectivity index (χ1n) is 7.64. The average Bonchev–Trinajstić information content (AvgIpc) is 2.58. The first-order valence-corrected chi connectivity index (χ1v) is 7.64. The van der Waals surface area contributed by atoms with Gasteiger partial charge in [0.2, 0.25) is 5.91 Å². The highest BCUT2D eigenvalue weighted by Crippen LogP contribution is 2.35. The van der Waals surface area contributed by atoms with Crippen LogP contribution in [0.5, 0.6) is 5.75 Å². The predicted molar refractivity (Wildman–Crippen MR) is 87.9 cm³/mol. The van der Waals surface area contributed by atoms with Crippen LogP contribution in [0, 0.1) is 0 Å². The minimum Gasteiger partial charge on any atom is -0.491 e. The molecule has 0 aromatic heterocycles. The SMILES string of the molecule is CC(N)(C(=O)NCCOc1ccccc1C(F)(F)F)c1ccccc1. The third kappa shape index (κ3) is 4.73. The topological polar surface area (TPSA) is 64.4 Å². The first kappa shape index (κ1) is 18.8. The van der Waals surface area contributed by atoms with Crippen molar-refractivity contribution in [3.05, 3.63) is 65.7 Å². The summed E-state index contributed by atoms with van der Waals surface area (Å²) in [7, 11) is 0. The van der Waals surface area contributed by atoms with Gasteiger partial charge in [-0.25, -0.2) is 0 Å². The molecule has 134 valence electrons. The van der Waals surface area contributed by atoms with E-state index < -0.39 is 23.2 Å². The van der Waals surface area contributed by atoms with Gasteiger partial charge in [-0.05, 0) is 24.6 Å². The third-order valence-electron chi connectivity index (χ3n) is 3.68. The molecule has 0 aliphatic rings. The Hall–Kier alpha value is -2.54. The largest absolute Gasteiger partial charge is 0.491 e. The van der Waals surface area contributed by atoms with E-state index in [1.54, 1.807) is 31.2 Å². The number of benzene rings is 2. The number of hydrogen-bond acceptors (Lipinski definition) is 3. The maximum Gasteiger partial charge on any atom is 0.419 e. The molecule has 3 N–H and O–H groups in total. The lowest BCUT2D eigenvalue weighted by Gasteiger charge is -2.24. The Morgan fingerprint density at radius 1 is 1.08 bits per heavy atom. The normalized spacial score (nSPS) is 13.8. The van der Waals surface area contributed by atoms with Gasteiger partial charge in [-0.3, -0.25) is 4.79 Å². The van der Waals surface area contributed by atoms with Crippen molar-refractivity contribution in [3.63, 3.8) is 0 Å². The van der Waals surface area contributed by atoms with Crippen molar-refractivity contribution in [3.8, 4) is 5.75 Å². The monoisotopic (exact) mass is 352 g/mol. The first-order chi connectivity index (χ1) is 11.7. The average molecular weight is 352 g/mol. The number of alkyl halides is 3. The second-order valence-electron chi connectivity index (χ2n) is 5.67. The van der Waals surface area contributed by atoms with Crippen molar-refractivity contribution in [1.82, 2.24) is 5.32 Å². The van der Waals surface area contributed by atoms with Gasteiger partial charge in [0.15, 0.2) is 0 Å². The third-order valence-corrected chi connectivity index (χ3v) is 3.68. The number of carbonyl (C=O) groups excluding carboxylic acids is 1. The number of nitrogens with two attached hydrogens (primary N) is 1. The van der Waals surface area contributed by atoms with Gasteiger partial charge in [-0.2, -0.15) is 13.2 Å². The van der Waals surface area contributed by atoms with E-state index in [9.17, 15) is 18.0 Å². The van der Waals surface area contributed by atoms with Crippen LogP contribution in [0.3, 0.4) is 0 Å². The van der Waals surface area contributed by atoms with Crippen LogP contribution in [0.4, 0.5) is 13.2 Å². The van der Waals surface area contributed by atoms with Gasteiger partial charge in [-0.1, -0.05) is 42.5 Å². The molecule has 2 aromatic carbocycles. The zero-order valence-electron chi connectivity index (χ0n) is 13.6. The van der Waals surface area contributed by atoms with Gasteiger partial charge in [-0.15, -0.1) is 0 Å². The number of hydrogen-bond donors (Lipinski definition) is 2. The lowest BCUT2D eigenvalue weighted by molar-refractivity contribution is -0.139. The van der Waals surface area contributed by atoms with Crippen LogP contribution in [0.2, 0.25) is 0 Å². The van der Waals surface area contributed by atoms with Gasteiger partial charge >= 0.3 is 6.18 Å². The zero-order chi connectivity index (χ0) is 18.5. The van der Waals surface area contributed by atoms with Crippen LogP contribution in [0.15, 0.2) is 54.6 Å². The maximum absolute atomic E-state index is 12.9. The van der Waals surface area contributed by atoms with Crippen LogP contribution >= 0.6 is 0 Å². The van der Waals surface area contributed by atoms with Gasteiger partial charge in [0.1, 0.15) is 17.9 Å². The number of para-hydroxylation sites is 1. The van der Waals surface area contributed by atoms with Crippen molar-refractivity contribution in [2.45, 2.75) is 18.6 Å². The molecule has 0 spiro atoms. The number of nitrogens with one attached hydrogen (secondary N) is 1. The molecular weight excluding hydrogens is 333 g/mol. The molecular formula is C18H19F3N2O2. The lowest BCUT2D eigenvalue weighted by atomic mass is 9.92. The van der Waals surface area contributed by atoms with Gasteiger partial charge in [0.25, 0.3) is 0 Å². The van der Waals surface area contributed by atoms with Gasteiger partial charge in [0, 0.05) is 0 Å². The fraction of sp³-hybridized carbons (Fsp3) is 0.278. The summed E-state index contributed by atoms with van der Waals surface area (Å²) >= 11 is 0. The summed E-state index contributed by atoms with van der Waals surface area (Å²) < 4.78 is 43.7. The fourth-order valence-corrected chi connectivity index (χ4v) is 2.25. The fourth-order valence-electron chi connectivity index (χ4n) is 2.25. The Morgan fingerprint density at radius 2 is 1.68 bits per heavy atom. The maximum atomic E-state index is 12.9. The van der Waals surface area contributed by atoms with Crippen molar-refractivity contribution >= 4 is 5.91 Å². The summed E-state index contributed by atoms with van der Waals surface area (Å²) in [5.74, 6) is -0.714. The molecule has 7 heteroatoms. The standard InChI is InChI=1S/C18H19F3N2O2/c1-17(22,13-7-3-2-4-8-13)16(24)23-11-12-25-15-10-6-5-9-14(15)18(19,20)21/h2-10H,11-12,22H2,1H3,(H,23,24). The molecule has 0 bridgehead atoms. The highest BCUT2D eigenvalue weighted by molar-refractivity contribution is 5.86. The highest BCUT2D eigenvalue weighted by atomic mass is 19.4. The van der Waals surface area contributed by atoms with Crippen LogP contribution in [0.1, 0.15) is 18.1 Å². The van der Waals surface area contributed by atoms with E-state index in [0.717, 1.165) is 6.07 Å². The summed E-state index contributed by atoms with van der Waals surface area (Å²) in [6.07, 6.45) is -4.50. The summed E-state index contributed by atoms with van der Waals surface area (Å²) in [5.41, 5.74) is 4.59. The second-order valence-corrected chi connectivity index (χ2v) is 5.67. The van der Waals surface area contributed by atoms with E-state index in [0.29, 0.717) is 5.56 Å². The number of ether oxygens (including phenoxy) is 1. The molecule has 1 amide bonds. The van der Waals surface area contributed by atoms with Crippen LogP contribution in [-0.2, 0) is 16.5 Å². The number of halogens is 3. The van der Waals surface area contributed by atoms with E-state index in [2.05, 4.69) is 5.32 Å². The van der Waals surface area contributed by atoms with Crippen molar-refractivity contribution in [1.29, 1.82) is 0 Å². The molecule has 1 atom stereocenters. The van der Waals surface area contributed by atoms with Crippen LogP contribution < -0.4 is 15.8 Å². The minimum absolute atomic E-state index is 0.0324. The molecule has 1 unspecified atom stereocenters. The van der Waals surface area contributed by atoms with E-state index in [1.165, 1.54) is 18.2 Å². The van der Waals surface area contributed by atoms with Gasteiger partial charge < -0.3 is 15.8 Å². The Morgan fingerprint density at radius 3 is 2.32 bits per heavy atom. The second kappa shape index (κ2) is 7.57. The Balaban J connectivity index is 1.91. The molecule has 0 fully saturated rings. The molecule has 0 saturated heterocycles. The van der Waals surface area contributed by atoms with E-state index in [1.807, 2.05) is 6.07 Å². The predicted octanol–water partition coefficient (Wildman–Crippen LogP) is 3.07. The van der Waals surface area contributed by atoms with E-state index >= 15 is 0 Å². The van der Waals surface area contributed by atoms with Crippen molar-refractivity contribution in [2.24, 2.45) is 5.73 Å². The number of rotatable bonds is 6. The van der Waals surface area contributed by atoms with E-state index in [-0.39, 0.29) is 18.9 Å². The summed E-state index contributed by atoms with van der Waals surface area (Å²) in [5, 5.41) is 2.58. The molecule has 25 heavy (non-hydrogen) atoms. The van der Waals surface area contributed by atoms with Gasteiger partial charge in [0.05, 0.1) is 12.1 Å². The number of amides is 1. The molecule has 2 aromatic rings. The molecule has 0 saturated carbocycles. The zero-order valence-corrected chi connectivity index (χ0v) is 13.6. The van der Waals surface area contributed by atoms with Crippen LogP contribution in [0.25, 0.3) is 0 Å². The summed E-state index contributed by atoms with van der Waals surface area (Å²) in [6, 6.07) is 13.7. The Labute approximate surface area is 143 Å². The van der Waals surface area contributed by atoms with Crippen molar-refractivity contribution < 1.29 is 22.7 Å². The highest BCUT2D eigenvalue weighted by Gasteiger charge is 2.34. The van der Waals surface area contributed by atoms with Crippen LogP contribution in [-0.4, -0.2) is 19.1 Å². The lowest BCUT2D eigenvalue weighted by Crippen LogP contribution is -2.49. The van der Waals surface area contributed by atoms with E-state index in [4.69, 9.17) is 10.5 Å². The Bertz CT molecular complexity index is 716. The smallest absolute Gasteiger partial charge is 0.419 e. The molecule has 4 nitrogen and oxygen atoms in total. The Kier molecular flexibility index (Phi) is 5.69. The molecule has 0 heterocycles. The quantitative estimate of drug-likeness (QED) is 0.786. The molecule has 0 aliphatic heterocycles. The molecule has 0 radical (unpaired) electrons. The molecule has 2 rings (SSSR count). The summed E-state index contributed by atoms with van der Waals surface area (Å²) in [4.78, 5) is 12.2. The number of carbonyl (C=O) groups is 1.